The van der Waals surface area contributed by atoms with Crippen LogP contribution in [0.4, 0.5) is 0 Å². The van der Waals surface area contributed by atoms with Gasteiger partial charge in [-0.1, -0.05) is 49.7 Å². The Balaban J connectivity index is 2.35. The second-order valence-corrected chi connectivity index (χ2v) is 8.22. The molecule has 2 amide bonds. The zero-order valence-electron chi connectivity index (χ0n) is 19.7. The van der Waals surface area contributed by atoms with Crippen LogP contribution in [0.15, 0.2) is 42.5 Å². The minimum absolute atomic E-state index is 0.0531. The summed E-state index contributed by atoms with van der Waals surface area (Å²) in [6, 6.07) is 13.3. The van der Waals surface area contributed by atoms with Crippen molar-refractivity contribution >= 4 is 11.8 Å². The van der Waals surface area contributed by atoms with Crippen molar-refractivity contribution in [1.29, 1.82) is 0 Å². The average molecular weight is 425 g/mol. The van der Waals surface area contributed by atoms with Gasteiger partial charge in [-0.05, 0) is 62.4 Å². The molecule has 0 fully saturated rings. The van der Waals surface area contributed by atoms with Crippen LogP contribution in [0, 0.1) is 13.8 Å². The maximum atomic E-state index is 13.5. The van der Waals surface area contributed by atoms with Crippen LogP contribution in [0.1, 0.15) is 55.9 Å². The molecule has 2 atom stereocenters. The topological polar surface area (TPSA) is 58.6 Å². The highest BCUT2D eigenvalue weighted by Crippen LogP contribution is 2.20. The fraction of sp³-hybridized carbons (Fsp3) is 0.462. The SMILES string of the molecule is CC[C@@H](C)NC(=O)[C@H](CC)N(Cc1cccc(OC)c1)C(=O)Cc1cc(C)ccc1C. The fourth-order valence-electron chi connectivity index (χ4n) is 3.58. The van der Waals surface area contributed by atoms with E-state index in [1.54, 1.807) is 12.0 Å². The van der Waals surface area contributed by atoms with Gasteiger partial charge < -0.3 is 15.0 Å². The van der Waals surface area contributed by atoms with Crippen LogP contribution >= 0.6 is 0 Å². The van der Waals surface area contributed by atoms with Crippen LogP contribution in [0.25, 0.3) is 0 Å². The quantitative estimate of drug-likeness (QED) is 0.607. The smallest absolute Gasteiger partial charge is 0.243 e. The number of ether oxygens (including phenoxy) is 1. The number of carbonyl (C=O) groups excluding carboxylic acids is 2. The normalized spacial score (nSPS) is 12.7. The number of nitrogens with zero attached hydrogens (tertiary/aromatic N) is 1. The van der Waals surface area contributed by atoms with Crippen LogP contribution in [0.5, 0.6) is 5.75 Å². The zero-order valence-corrected chi connectivity index (χ0v) is 19.7. The molecule has 0 spiro atoms. The molecule has 0 saturated heterocycles. The monoisotopic (exact) mass is 424 g/mol. The molecule has 0 saturated carbocycles. The average Bonchev–Trinajstić information content (AvgIpc) is 2.76. The lowest BCUT2D eigenvalue weighted by atomic mass is 10.0. The van der Waals surface area contributed by atoms with Crippen molar-refractivity contribution in [3.63, 3.8) is 0 Å². The van der Waals surface area contributed by atoms with E-state index >= 15 is 0 Å². The Morgan fingerprint density at radius 2 is 1.81 bits per heavy atom. The molecule has 0 radical (unpaired) electrons. The molecule has 0 aliphatic heterocycles. The maximum Gasteiger partial charge on any atom is 0.243 e. The van der Waals surface area contributed by atoms with E-state index in [0.29, 0.717) is 13.0 Å². The highest BCUT2D eigenvalue weighted by Gasteiger charge is 2.29. The van der Waals surface area contributed by atoms with Gasteiger partial charge in [0.2, 0.25) is 11.8 Å². The Labute approximate surface area is 186 Å². The zero-order chi connectivity index (χ0) is 23.0. The highest BCUT2D eigenvalue weighted by atomic mass is 16.5. The van der Waals surface area contributed by atoms with Gasteiger partial charge in [0, 0.05) is 12.6 Å². The van der Waals surface area contributed by atoms with Crippen LogP contribution < -0.4 is 10.1 Å². The Morgan fingerprint density at radius 1 is 1.06 bits per heavy atom. The van der Waals surface area contributed by atoms with E-state index in [2.05, 4.69) is 11.4 Å². The number of carbonyl (C=O) groups is 2. The predicted octanol–water partition coefficient (Wildman–Crippen LogP) is 4.58. The molecule has 2 aromatic carbocycles. The lowest BCUT2D eigenvalue weighted by molar-refractivity contribution is -0.141. The minimum atomic E-state index is -0.530. The number of hydrogen-bond acceptors (Lipinski definition) is 3. The van der Waals surface area contributed by atoms with Gasteiger partial charge in [0.15, 0.2) is 0 Å². The summed E-state index contributed by atoms with van der Waals surface area (Å²) in [7, 11) is 1.62. The summed E-state index contributed by atoms with van der Waals surface area (Å²) < 4.78 is 5.34. The molecular weight excluding hydrogens is 388 g/mol. The Bertz CT molecular complexity index is 894. The molecule has 0 bridgehead atoms. The van der Waals surface area contributed by atoms with Crippen molar-refractivity contribution in [2.24, 2.45) is 0 Å². The van der Waals surface area contributed by atoms with E-state index in [9.17, 15) is 9.59 Å². The van der Waals surface area contributed by atoms with Crippen molar-refractivity contribution in [3.8, 4) is 5.75 Å². The summed E-state index contributed by atoms with van der Waals surface area (Å²) in [5, 5.41) is 3.05. The Morgan fingerprint density at radius 3 is 2.45 bits per heavy atom. The number of rotatable bonds is 10. The molecule has 5 nitrogen and oxygen atoms in total. The number of hydrogen-bond donors (Lipinski definition) is 1. The molecule has 0 aliphatic carbocycles. The summed E-state index contributed by atoms with van der Waals surface area (Å²) >= 11 is 0. The van der Waals surface area contributed by atoms with Gasteiger partial charge in [-0.2, -0.15) is 0 Å². The highest BCUT2D eigenvalue weighted by molar-refractivity contribution is 5.88. The molecule has 0 heterocycles. The van der Waals surface area contributed by atoms with E-state index < -0.39 is 6.04 Å². The third-order valence-corrected chi connectivity index (χ3v) is 5.72. The number of methoxy groups -OCH3 is 1. The molecule has 0 unspecified atom stereocenters. The Kier molecular flexibility index (Phi) is 9.10. The molecule has 2 aromatic rings. The second-order valence-electron chi connectivity index (χ2n) is 8.22. The molecule has 0 aliphatic rings. The molecule has 5 heteroatoms. The van der Waals surface area contributed by atoms with Gasteiger partial charge in [0.25, 0.3) is 0 Å². The van der Waals surface area contributed by atoms with Gasteiger partial charge in [0.1, 0.15) is 11.8 Å². The first-order valence-corrected chi connectivity index (χ1v) is 11.1. The van der Waals surface area contributed by atoms with Gasteiger partial charge in [-0.15, -0.1) is 0 Å². The Hall–Kier alpha value is -2.82. The fourth-order valence-corrected chi connectivity index (χ4v) is 3.58. The van der Waals surface area contributed by atoms with Crippen LogP contribution in [0.3, 0.4) is 0 Å². The molecule has 2 rings (SSSR count). The predicted molar refractivity (Wildman–Crippen MR) is 125 cm³/mol. The molecule has 31 heavy (non-hydrogen) atoms. The summed E-state index contributed by atoms with van der Waals surface area (Å²) in [5.74, 6) is 0.577. The maximum absolute atomic E-state index is 13.5. The van der Waals surface area contributed by atoms with E-state index in [-0.39, 0.29) is 24.3 Å². The van der Waals surface area contributed by atoms with E-state index in [1.165, 1.54) is 0 Å². The lowest BCUT2D eigenvalue weighted by Gasteiger charge is -2.32. The van der Waals surface area contributed by atoms with Crippen molar-refractivity contribution in [2.45, 2.75) is 72.5 Å². The third-order valence-electron chi connectivity index (χ3n) is 5.72. The first-order chi connectivity index (χ1) is 14.8. The van der Waals surface area contributed by atoms with Gasteiger partial charge in [-0.3, -0.25) is 9.59 Å². The summed E-state index contributed by atoms with van der Waals surface area (Å²) in [6.45, 7) is 10.4. The van der Waals surface area contributed by atoms with Gasteiger partial charge in [-0.25, -0.2) is 0 Å². The largest absolute Gasteiger partial charge is 0.497 e. The van der Waals surface area contributed by atoms with Crippen molar-refractivity contribution in [2.75, 3.05) is 7.11 Å². The van der Waals surface area contributed by atoms with Crippen LogP contribution in [0.2, 0.25) is 0 Å². The van der Waals surface area contributed by atoms with Crippen LogP contribution in [-0.2, 0) is 22.6 Å². The van der Waals surface area contributed by atoms with Crippen LogP contribution in [-0.4, -0.2) is 35.9 Å². The van der Waals surface area contributed by atoms with Crippen molar-refractivity contribution < 1.29 is 14.3 Å². The molecular formula is C26H36N2O3. The van der Waals surface area contributed by atoms with E-state index in [1.807, 2.05) is 71.0 Å². The number of amides is 2. The first-order valence-electron chi connectivity index (χ1n) is 11.1. The minimum Gasteiger partial charge on any atom is -0.497 e. The third kappa shape index (κ3) is 6.84. The first kappa shape index (κ1) is 24.4. The van der Waals surface area contributed by atoms with Crippen molar-refractivity contribution in [1.82, 2.24) is 10.2 Å². The molecule has 168 valence electrons. The summed E-state index contributed by atoms with van der Waals surface area (Å²) in [5.41, 5.74) is 4.13. The lowest BCUT2D eigenvalue weighted by Crippen LogP contribution is -2.51. The summed E-state index contributed by atoms with van der Waals surface area (Å²) in [4.78, 5) is 28.3. The molecule has 1 N–H and O–H groups in total. The summed E-state index contributed by atoms with van der Waals surface area (Å²) in [6.07, 6.45) is 1.66. The second kappa shape index (κ2) is 11.5. The van der Waals surface area contributed by atoms with E-state index in [0.717, 1.165) is 34.4 Å². The number of nitrogens with one attached hydrogen (secondary N) is 1. The van der Waals surface area contributed by atoms with Gasteiger partial charge in [0.05, 0.1) is 13.5 Å². The van der Waals surface area contributed by atoms with E-state index in [4.69, 9.17) is 4.74 Å². The molecule has 0 aromatic heterocycles. The number of aryl methyl sites for hydroxylation is 2. The van der Waals surface area contributed by atoms with Crippen molar-refractivity contribution in [3.05, 3.63) is 64.7 Å². The van der Waals surface area contributed by atoms with Gasteiger partial charge >= 0.3 is 0 Å². The number of benzene rings is 2. The standard InChI is InChI=1S/C26H36N2O3/c1-7-20(5)27-26(30)24(8-2)28(17-21-10-9-11-23(15-21)31-6)25(29)16-22-14-18(3)12-13-19(22)4/h9-15,20,24H,7-8,16-17H2,1-6H3,(H,27,30)/t20-,24+/m1/s1.